The average molecular weight is 381 g/mol. The molecule has 2 rings (SSSR count). The van der Waals surface area contributed by atoms with Crippen molar-refractivity contribution >= 4 is 5.96 Å². The zero-order valence-corrected chi connectivity index (χ0v) is 16.4. The van der Waals surface area contributed by atoms with Crippen LogP contribution in [0.1, 0.15) is 26.2 Å². The van der Waals surface area contributed by atoms with Gasteiger partial charge in [-0.3, -0.25) is 4.99 Å². The lowest BCUT2D eigenvalue weighted by atomic mass is 9.96. The molecule has 0 aliphatic carbocycles. The molecule has 1 unspecified atom stereocenters. The van der Waals surface area contributed by atoms with E-state index in [2.05, 4.69) is 15.2 Å². The summed E-state index contributed by atoms with van der Waals surface area (Å²) >= 11 is 0. The van der Waals surface area contributed by atoms with Crippen LogP contribution in [-0.2, 0) is 4.74 Å². The quantitative estimate of drug-likeness (QED) is 0.507. The predicted octanol–water partition coefficient (Wildman–Crippen LogP) is 2.28. The van der Waals surface area contributed by atoms with Crippen molar-refractivity contribution in [2.45, 2.75) is 32.3 Å². The maximum atomic E-state index is 12.9. The van der Waals surface area contributed by atoms with Crippen LogP contribution in [-0.4, -0.2) is 68.6 Å². The fraction of sp³-hybridized carbons (Fsp3) is 0.650. The summed E-state index contributed by atoms with van der Waals surface area (Å²) in [7, 11) is 2.02. The number of benzene rings is 1. The van der Waals surface area contributed by atoms with Gasteiger partial charge in [0.15, 0.2) is 5.96 Å². The largest absolute Gasteiger partial charge is 0.491 e. The lowest BCUT2D eigenvalue weighted by molar-refractivity contribution is 0.0625. The van der Waals surface area contributed by atoms with Gasteiger partial charge in [-0.1, -0.05) is 0 Å². The Labute approximate surface area is 161 Å². The molecular formula is C20H32FN3O3. The number of ether oxygens (including phenoxy) is 2. The molecule has 0 amide bonds. The Morgan fingerprint density at radius 1 is 1.37 bits per heavy atom. The van der Waals surface area contributed by atoms with Crippen molar-refractivity contribution in [2.75, 3.05) is 46.5 Å². The van der Waals surface area contributed by atoms with Crippen molar-refractivity contribution in [3.63, 3.8) is 0 Å². The van der Waals surface area contributed by atoms with Gasteiger partial charge >= 0.3 is 0 Å². The highest BCUT2D eigenvalue weighted by Crippen LogP contribution is 2.18. The van der Waals surface area contributed by atoms with Crippen molar-refractivity contribution < 1.29 is 19.0 Å². The summed E-state index contributed by atoms with van der Waals surface area (Å²) in [6, 6.07) is 5.74. The van der Waals surface area contributed by atoms with E-state index in [-0.39, 0.29) is 19.0 Å². The van der Waals surface area contributed by atoms with Gasteiger partial charge in [-0.2, -0.15) is 0 Å². The van der Waals surface area contributed by atoms with Crippen LogP contribution in [0.15, 0.2) is 29.3 Å². The van der Waals surface area contributed by atoms with Gasteiger partial charge in [0.05, 0.1) is 6.54 Å². The second-order valence-corrected chi connectivity index (χ2v) is 6.88. The van der Waals surface area contributed by atoms with E-state index in [1.54, 1.807) is 12.1 Å². The predicted molar refractivity (Wildman–Crippen MR) is 105 cm³/mol. The highest BCUT2D eigenvalue weighted by atomic mass is 19.1. The molecule has 0 bridgehead atoms. The second kappa shape index (κ2) is 11.8. The summed E-state index contributed by atoms with van der Waals surface area (Å²) in [5.41, 5.74) is 0. The van der Waals surface area contributed by atoms with E-state index in [9.17, 15) is 9.50 Å². The summed E-state index contributed by atoms with van der Waals surface area (Å²) in [6.07, 6.45) is 2.63. The van der Waals surface area contributed by atoms with Crippen LogP contribution in [0, 0.1) is 11.7 Å². The van der Waals surface area contributed by atoms with Crippen molar-refractivity contribution in [3.05, 3.63) is 30.1 Å². The average Bonchev–Trinajstić information content (AvgIpc) is 2.69. The Bertz CT molecular complexity index is 562. The molecule has 1 heterocycles. The van der Waals surface area contributed by atoms with Gasteiger partial charge in [-0.15, -0.1) is 0 Å². The molecular weight excluding hydrogens is 349 g/mol. The number of aliphatic hydroxyl groups is 1. The van der Waals surface area contributed by atoms with Crippen LogP contribution in [0.5, 0.6) is 5.75 Å². The maximum Gasteiger partial charge on any atom is 0.193 e. The van der Waals surface area contributed by atoms with Crippen molar-refractivity contribution in [2.24, 2.45) is 10.9 Å². The van der Waals surface area contributed by atoms with Gasteiger partial charge in [-0.25, -0.2) is 4.39 Å². The van der Waals surface area contributed by atoms with E-state index in [0.717, 1.165) is 51.5 Å². The first-order chi connectivity index (χ1) is 13.1. The molecule has 1 atom stereocenters. The number of rotatable bonds is 9. The molecule has 2 N–H and O–H groups in total. The molecule has 6 nitrogen and oxygen atoms in total. The van der Waals surface area contributed by atoms with Gasteiger partial charge in [-0.05, 0) is 56.4 Å². The van der Waals surface area contributed by atoms with Crippen LogP contribution >= 0.6 is 0 Å². The summed E-state index contributed by atoms with van der Waals surface area (Å²) < 4.78 is 23.8. The highest BCUT2D eigenvalue weighted by Gasteiger charge is 2.15. The van der Waals surface area contributed by atoms with Crippen LogP contribution in [0.3, 0.4) is 0 Å². The number of hydrogen-bond donors (Lipinski definition) is 2. The molecule has 1 fully saturated rings. The number of aliphatic hydroxyl groups excluding tert-OH is 1. The molecule has 1 aliphatic heterocycles. The molecule has 0 spiro atoms. The first-order valence-electron chi connectivity index (χ1n) is 9.72. The first kappa shape index (κ1) is 21.4. The Hall–Kier alpha value is -1.86. The Kier molecular flexibility index (Phi) is 9.35. The Balaban J connectivity index is 1.77. The fourth-order valence-corrected chi connectivity index (χ4v) is 2.95. The number of halogens is 1. The van der Waals surface area contributed by atoms with E-state index in [1.807, 2.05) is 14.0 Å². The SMILES string of the molecule is CCNC(=NCC(O)COc1ccc(F)cc1)N(C)CCC1CCOCC1. The fourth-order valence-electron chi connectivity index (χ4n) is 2.95. The Morgan fingerprint density at radius 2 is 2.07 bits per heavy atom. The molecule has 0 saturated carbocycles. The van der Waals surface area contributed by atoms with Crippen LogP contribution < -0.4 is 10.1 Å². The summed E-state index contributed by atoms with van der Waals surface area (Å²) in [4.78, 5) is 6.62. The smallest absolute Gasteiger partial charge is 0.193 e. The van der Waals surface area contributed by atoms with Crippen molar-refractivity contribution in [1.82, 2.24) is 10.2 Å². The Morgan fingerprint density at radius 3 is 2.74 bits per heavy atom. The number of nitrogens with zero attached hydrogens (tertiary/aromatic N) is 2. The summed E-state index contributed by atoms with van der Waals surface area (Å²) in [5, 5.41) is 13.4. The molecule has 1 aromatic carbocycles. The first-order valence-corrected chi connectivity index (χ1v) is 9.72. The van der Waals surface area contributed by atoms with Gasteiger partial charge in [0.2, 0.25) is 0 Å². The van der Waals surface area contributed by atoms with Crippen molar-refractivity contribution in [3.8, 4) is 5.75 Å². The molecule has 0 aromatic heterocycles. The molecule has 1 saturated heterocycles. The van der Waals surface area contributed by atoms with E-state index in [4.69, 9.17) is 9.47 Å². The molecule has 152 valence electrons. The van der Waals surface area contributed by atoms with Crippen LogP contribution in [0.25, 0.3) is 0 Å². The van der Waals surface area contributed by atoms with E-state index >= 15 is 0 Å². The minimum atomic E-state index is -0.729. The van der Waals surface area contributed by atoms with Gasteiger partial charge < -0.3 is 24.8 Å². The third-order valence-corrected chi connectivity index (χ3v) is 4.62. The highest BCUT2D eigenvalue weighted by molar-refractivity contribution is 5.79. The van der Waals surface area contributed by atoms with Gasteiger partial charge in [0, 0.05) is 33.4 Å². The number of guanidine groups is 1. The zero-order chi connectivity index (χ0) is 19.5. The lowest BCUT2D eigenvalue weighted by Crippen LogP contribution is -2.40. The van der Waals surface area contributed by atoms with E-state index in [1.165, 1.54) is 12.1 Å². The standard InChI is InChI=1S/C20H32FN3O3/c1-3-22-20(24(2)11-8-16-9-12-26-13-10-16)23-14-18(25)15-27-19-6-4-17(21)5-7-19/h4-7,16,18,25H,3,8-15H2,1-2H3,(H,22,23). The minimum Gasteiger partial charge on any atom is -0.491 e. The van der Waals surface area contributed by atoms with Crippen LogP contribution in [0.4, 0.5) is 4.39 Å². The number of hydrogen-bond acceptors (Lipinski definition) is 4. The zero-order valence-electron chi connectivity index (χ0n) is 16.4. The second-order valence-electron chi connectivity index (χ2n) is 6.88. The summed E-state index contributed by atoms with van der Waals surface area (Å²) in [6.45, 7) is 5.79. The summed E-state index contributed by atoms with van der Waals surface area (Å²) in [5.74, 6) is 1.70. The molecule has 1 aliphatic rings. The number of nitrogens with one attached hydrogen (secondary N) is 1. The molecule has 7 heteroatoms. The van der Waals surface area contributed by atoms with Crippen molar-refractivity contribution in [1.29, 1.82) is 0 Å². The normalized spacial score (nSPS) is 16.8. The number of aliphatic imine (C=N–C) groups is 1. The molecule has 27 heavy (non-hydrogen) atoms. The van der Waals surface area contributed by atoms with E-state index < -0.39 is 6.10 Å². The monoisotopic (exact) mass is 381 g/mol. The maximum absolute atomic E-state index is 12.9. The molecule has 1 aromatic rings. The molecule has 0 radical (unpaired) electrons. The van der Waals surface area contributed by atoms with Gasteiger partial charge in [0.25, 0.3) is 0 Å². The lowest BCUT2D eigenvalue weighted by Gasteiger charge is -2.27. The minimum absolute atomic E-state index is 0.111. The van der Waals surface area contributed by atoms with E-state index in [0.29, 0.717) is 11.7 Å². The third-order valence-electron chi connectivity index (χ3n) is 4.62. The third kappa shape index (κ3) is 8.13. The van der Waals surface area contributed by atoms with Gasteiger partial charge in [0.1, 0.15) is 24.3 Å². The topological polar surface area (TPSA) is 66.3 Å². The van der Waals surface area contributed by atoms with Crippen LogP contribution in [0.2, 0.25) is 0 Å².